The predicted molar refractivity (Wildman–Crippen MR) is 91.9 cm³/mol. The molecule has 7 heteroatoms. The third kappa shape index (κ3) is 6.20. The average Bonchev–Trinajstić information content (AvgIpc) is 2.50. The number of hydrogen-bond donors (Lipinski definition) is 1. The molecule has 2 amide bonds. The largest absolute Gasteiger partial charge is 0.454 e. The van der Waals surface area contributed by atoms with Crippen molar-refractivity contribution in [2.24, 2.45) is 0 Å². The number of amides is 2. The summed E-state index contributed by atoms with van der Waals surface area (Å²) in [6.07, 6.45) is 0. The van der Waals surface area contributed by atoms with Gasteiger partial charge in [-0.05, 0) is 52.0 Å². The highest BCUT2D eigenvalue weighted by Gasteiger charge is 2.21. The van der Waals surface area contributed by atoms with E-state index in [9.17, 15) is 14.4 Å². The summed E-state index contributed by atoms with van der Waals surface area (Å²) in [4.78, 5) is 37.2. The Balaban J connectivity index is 2.42. The van der Waals surface area contributed by atoms with Crippen LogP contribution in [0.1, 0.15) is 38.1 Å². The van der Waals surface area contributed by atoms with Crippen LogP contribution in [0, 0.1) is 0 Å². The van der Waals surface area contributed by atoms with Crippen molar-refractivity contribution in [3.8, 4) is 0 Å². The van der Waals surface area contributed by atoms with Crippen LogP contribution in [-0.2, 0) is 14.3 Å². The molecule has 24 heavy (non-hydrogen) atoms. The molecule has 0 aliphatic heterocycles. The summed E-state index contributed by atoms with van der Waals surface area (Å²) in [6, 6.07) is 6.30. The SMILES string of the molecule is CC(C)N(C(=O)COC(=O)CNC(=O)c1ccc(Cl)cc1)C(C)C. The number of carbonyl (C=O) groups excluding carboxylic acids is 3. The molecule has 0 radical (unpaired) electrons. The normalized spacial score (nSPS) is 10.6. The number of rotatable bonds is 7. The molecular formula is C17H23ClN2O4. The van der Waals surface area contributed by atoms with Crippen LogP contribution < -0.4 is 5.32 Å². The van der Waals surface area contributed by atoms with Gasteiger partial charge in [0.25, 0.3) is 11.8 Å². The van der Waals surface area contributed by atoms with Crippen LogP contribution in [0.3, 0.4) is 0 Å². The number of hydrogen-bond acceptors (Lipinski definition) is 4. The summed E-state index contributed by atoms with van der Waals surface area (Å²) >= 11 is 5.74. The van der Waals surface area contributed by atoms with Gasteiger partial charge in [-0.15, -0.1) is 0 Å². The zero-order valence-corrected chi connectivity index (χ0v) is 15.1. The van der Waals surface area contributed by atoms with Gasteiger partial charge in [-0.3, -0.25) is 14.4 Å². The van der Waals surface area contributed by atoms with E-state index in [0.29, 0.717) is 10.6 Å². The first-order valence-electron chi connectivity index (χ1n) is 7.73. The molecule has 0 spiro atoms. The Hall–Kier alpha value is -2.08. The highest BCUT2D eigenvalue weighted by Crippen LogP contribution is 2.09. The van der Waals surface area contributed by atoms with E-state index in [1.54, 1.807) is 29.2 Å². The van der Waals surface area contributed by atoms with E-state index in [1.165, 1.54) is 0 Å². The summed E-state index contributed by atoms with van der Waals surface area (Å²) in [5.74, 6) is -1.35. The van der Waals surface area contributed by atoms with Gasteiger partial charge in [0.15, 0.2) is 6.61 Å². The third-order valence-corrected chi connectivity index (χ3v) is 3.51. The minimum atomic E-state index is -0.668. The van der Waals surface area contributed by atoms with E-state index in [4.69, 9.17) is 16.3 Å². The summed E-state index contributed by atoms with van der Waals surface area (Å²) in [5.41, 5.74) is 0.383. The van der Waals surface area contributed by atoms with Crippen LogP contribution in [0.15, 0.2) is 24.3 Å². The molecule has 1 aromatic rings. The zero-order valence-electron chi connectivity index (χ0n) is 14.3. The third-order valence-electron chi connectivity index (χ3n) is 3.26. The smallest absolute Gasteiger partial charge is 0.325 e. The fourth-order valence-electron chi connectivity index (χ4n) is 2.30. The molecule has 132 valence electrons. The Bertz CT molecular complexity index is 577. The van der Waals surface area contributed by atoms with Crippen molar-refractivity contribution in [1.29, 1.82) is 0 Å². The summed E-state index contributed by atoms with van der Waals surface area (Å²) in [5, 5.41) is 2.95. The lowest BCUT2D eigenvalue weighted by molar-refractivity contribution is -0.152. The molecule has 0 atom stereocenters. The number of esters is 1. The van der Waals surface area contributed by atoms with Crippen molar-refractivity contribution in [2.75, 3.05) is 13.2 Å². The topological polar surface area (TPSA) is 75.7 Å². The highest BCUT2D eigenvalue weighted by atomic mass is 35.5. The average molecular weight is 355 g/mol. The lowest BCUT2D eigenvalue weighted by Gasteiger charge is -2.30. The van der Waals surface area contributed by atoms with Gasteiger partial charge in [0.05, 0.1) is 0 Å². The van der Waals surface area contributed by atoms with Gasteiger partial charge < -0.3 is 15.0 Å². The monoisotopic (exact) mass is 354 g/mol. The van der Waals surface area contributed by atoms with Crippen molar-refractivity contribution in [3.05, 3.63) is 34.9 Å². The first-order valence-corrected chi connectivity index (χ1v) is 8.10. The second-order valence-corrected chi connectivity index (χ2v) is 6.28. The van der Waals surface area contributed by atoms with E-state index in [0.717, 1.165) is 0 Å². The maximum absolute atomic E-state index is 12.1. The maximum Gasteiger partial charge on any atom is 0.325 e. The van der Waals surface area contributed by atoms with E-state index < -0.39 is 11.9 Å². The van der Waals surface area contributed by atoms with Crippen molar-refractivity contribution in [1.82, 2.24) is 10.2 Å². The van der Waals surface area contributed by atoms with Crippen molar-refractivity contribution in [2.45, 2.75) is 39.8 Å². The summed E-state index contributed by atoms with van der Waals surface area (Å²) in [6.45, 7) is 6.93. The zero-order chi connectivity index (χ0) is 18.3. The maximum atomic E-state index is 12.1. The molecule has 0 heterocycles. The van der Waals surface area contributed by atoms with Gasteiger partial charge in [-0.2, -0.15) is 0 Å². The van der Waals surface area contributed by atoms with Gasteiger partial charge in [-0.1, -0.05) is 11.6 Å². The van der Waals surface area contributed by atoms with Crippen LogP contribution >= 0.6 is 11.6 Å². The molecule has 0 saturated heterocycles. The number of halogens is 1. The Morgan fingerprint density at radius 2 is 1.62 bits per heavy atom. The van der Waals surface area contributed by atoms with Crippen LogP contribution in [0.25, 0.3) is 0 Å². The first kappa shape index (κ1) is 20.0. The van der Waals surface area contributed by atoms with Gasteiger partial charge in [0.2, 0.25) is 0 Å². The Labute approximate surface area is 147 Å². The molecule has 1 aromatic carbocycles. The molecule has 0 aromatic heterocycles. The molecule has 0 fully saturated rings. The van der Waals surface area contributed by atoms with Gasteiger partial charge in [0.1, 0.15) is 6.54 Å². The van der Waals surface area contributed by atoms with Crippen molar-refractivity contribution >= 4 is 29.4 Å². The Morgan fingerprint density at radius 3 is 2.12 bits per heavy atom. The molecule has 0 saturated carbocycles. The minimum Gasteiger partial charge on any atom is -0.454 e. The number of benzene rings is 1. The van der Waals surface area contributed by atoms with Crippen LogP contribution in [0.4, 0.5) is 0 Å². The lowest BCUT2D eigenvalue weighted by atomic mass is 10.2. The number of nitrogens with zero attached hydrogens (tertiary/aromatic N) is 1. The van der Waals surface area contributed by atoms with Gasteiger partial charge in [0, 0.05) is 22.7 Å². The summed E-state index contributed by atoms with van der Waals surface area (Å²) < 4.78 is 4.92. The minimum absolute atomic E-state index is 0.0146. The van der Waals surface area contributed by atoms with E-state index in [-0.39, 0.29) is 31.1 Å². The molecule has 0 bridgehead atoms. The molecule has 1 N–H and O–H groups in total. The Morgan fingerprint density at radius 1 is 1.08 bits per heavy atom. The molecule has 6 nitrogen and oxygen atoms in total. The molecule has 0 aliphatic carbocycles. The van der Waals surface area contributed by atoms with E-state index in [2.05, 4.69) is 5.32 Å². The van der Waals surface area contributed by atoms with E-state index in [1.807, 2.05) is 27.7 Å². The number of carbonyl (C=O) groups is 3. The van der Waals surface area contributed by atoms with Gasteiger partial charge in [-0.25, -0.2) is 0 Å². The second-order valence-electron chi connectivity index (χ2n) is 5.84. The van der Waals surface area contributed by atoms with Gasteiger partial charge >= 0.3 is 5.97 Å². The molecule has 0 unspecified atom stereocenters. The molecular weight excluding hydrogens is 332 g/mol. The highest BCUT2D eigenvalue weighted by molar-refractivity contribution is 6.30. The molecule has 1 rings (SSSR count). The van der Waals surface area contributed by atoms with Crippen LogP contribution in [-0.4, -0.2) is 47.9 Å². The second kappa shape index (κ2) is 9.27. The van der Waals surface area contributed by atoms with Crippen molar-refractivity contribution < 1.29 is 19.1 Å². The fourth-order valence-corrected chi connectivity index (χ4v) is 2.42. The predicted octanol–water partition coefficient (Wildman–Crippen LogP) is 2.26. The van der Waals surface area contributed by atoms with Crippen LogP contribution in [0.2, 0.25) is 5.02 Å². The quantitative estimate of drug-likeness (QED) is 0.762. The standard InChI is InChI=1S/C17H23ClN2O4/c1-11(2)20(12(3)4)15(21)10-24-16(22)9-19-17(23)13-5-7-14(18)8-6-13/h5-8,11-12H,9-10H2,1-4H3,(H,19,23). The lowest BCUT2D eigenvalue weighted by Crippen LogP contribution is -2.44. The van der Waals surface area contributed by atoms with Crippen LogP contribution in [0.5, 0.6) is 0 Å². The summed E-state index contributed by atoms with van der Waals surface area (Å²) in [7, 11) is 0. The number of nitrogens with one attached hydrogen (secondary N) is 1. The fraction of sp³-hybridized carbons (Fsp3) is 0.471. The molecule has 0 aliphatic rings. The first-order chi connectivity index (χ1) is 11.2. The van der Waals surface area contributed by atoms with E-state index >= 15 is 0 Å². The Kier molecular flexibility index (Phi) is 7.71. The van der Waals surface area contributed by atoms with Crippen molar-refractivity contribution in [3.63, 3.8) is 0 Å². The number of ether oxygens (including phenoxy) is 1.